The standard InChI is InChI=1S/C23H17NO7/c25-20-18-11-4-5-12(8-11)19(18)21(26)24(20)13-2-1-3-14(9-13)31-15-6-7-16(22(27)28)17(10-15)23(29)30/h1-7,9-12,18-19H,8H2,(H,27,28)(H,29,30)/t11-,12-,18-,19+/m0/s1. The number of carboxylic acids is 2. The molecule has 2 N–H and O–H groups in total. The highest BCUT2D eigenvalue weighted by atomic mass is 16.5. The van der Waals surface area contributed by atoms with Gasteiger partial charge in [0.2, 0.25) is 11.8 Å². The van der Waals surface area contributed by atoms with E-state index >= 15 is 0 Å². The van der Waals surface area contributed by atoms with Gasteiger partial charge >= 0.3 is 11.9 Å². The number of hydrogen-bond donors (Lipinski definition) is 2. The number of hydrogen-bond acceptors (Lipinski definition) is 5. The number of imide groups is 1. The van der Waals surface area contributed by atoms with Crippen LogP contribution in [0.15, 0.2) is 54.6 Å². The van der Waals surface area contributed by atoms with Gasteiger partial charge in [-0.2, -0.15) is 0 Å². The number of ether oxygens (including phenoxy) is 1. The third-order valence-corrected chi connectivity index (χ3v) is 6.23. The number of rotatable bonds is 5. The van der Waals surface area contributed by atoms with E-state index in [0.29, 0.717) is 5.69 Å². The van der Waals surface area contributed by atoms with Crippen molar-refractivity contribution in [2.75, 3.05) is 4.90 Å². The lowest BCUT2D eigenvalue weighted by Gasteiger charge is -2.18. The summed E-state index contributed by atoms with van der Waals surface area (Å²) >= 11 is 0. The molecule has 2 aromatic carbocycles. The predicted molar refractivity (Wildman–Crippen MR) is 107 cm³/mol. The second kappa shape index (κ2) is 6.80. The van der Waals surface area contributed by atoms with Gasteiger partial charge in [0.25, 0.3) is 0 Å². The van der Waals surface area contributed by atoms with Crippen molar-refractivity contribution in [3.8, 4) is 11.5 Å². The molecule has 2 bridgehead atoms. The van der Waals surface area contributed by atoms with Crippen LogP contribution in [0.2, 0.25) is 0 Å². The van der Waals surface area contributed by atoms with E-state index in [1.807, 2.05) is 12.2 Å². The Bertz CT molecular complexity index is 1150. The largest absolute Gasteiger partial charge is 0.478 e. The van der Waals surface area contributed by atoms with Gasteiger partial charge in [0.05, 0.1) is 28.7 Å². The van der Waals surface area contributed by atoms with Gasteiger partial charge in [0.1, 0.15) is 11.5 Å². The zero-order chi connectivity index (χ0) is 21.9. The van der Waals surface area contributed by atoms with Crippen molar-refractivity contribution >= 4 is 29.4 Å². The van der Waals surface area contributed by atoms with Gasteiger partial charge < -0.3 is 14.9 Å². The van der Waals surface area contributed by atoms with Crippen LogP contribution in [0, 0.1) is 23.7 Å². The first kappa shape index (κ1) is 19.0. The van der Waals surface area contributed by atoms with Crippen molar-refractivity contribution in [1.29, 1.82) is 0 Å². The molecule has 0 spiro atoms. The SMILES string of the molecule is O=C(O)c1ccc(Oc2cccc(N3C(=O)[C@@H]4[C@H](C3=O)[C@H]3C=C[C@H]4C3)c2)cc1C(=O)O. The van der Waals surface area contributed by atoms with Crippen molar-refractivity contribution in [3.63, 3.8) is 0 Å². The summed E-state index contributed by atoms with van der Waals surface area (Å²) in [4.78, 5) is 49.8. The van der Waals surface area contributed by atoms with Gasteiger partial charge in [0.15, 0.2) is 0 Å². The molecule has 2 aliphatic carbocycles. The van der Waals surface area contributed by atoms with E-state index in [0.717, 1.165) is 18.6 Å². The summed E-state index contributed by atoms with van der Waals surface area (Å²) in [6, 6.07) is 10.1. The highest BCUT2D eigenvalue weighted by molar-refractivity contribution is 6.22. The van der Waals surface area contributed by atoms with E-state index in [1.165, 1.54) is 17.0 Å². The Morgan fingerprint density at radius 2 is 1.45 bits per heavy atom. The number of fused-ring (bicyclic) bond motifs is 5. The lowest BCUT2D eigenvalue weighted by molar-refractivity contribution is -0.123. The Kier molecular flexibility index (Phi) is 4.18. The molecule has 2 fully saturated rings. The number of carbonyl (C=O) groups is 4. The second-order valence-electron chi connectivity index (χ2n) is 7.93. The monoisotopic (exact) mass is 419 g/mol. The molecular weight excluding hydrogens is 402 g/mol. The summed E-state index contributed by atoms with van der Waals surface area (Å²) in [5.41, 5.74) is -0.361. The minimum Gasteiger partial charge on any atom is -0.478 e. The minimum absolute atomic E-state index is 0.109. The molecule has 8 nitrogen and oxygen atoms in total. The molecule has 31 heavy (non-hydrogen) atoms. The molecule has 1 saturated heterocycles. The molecule has 2 amide bonds. The molecule has 1 heterocycles. The van der Waals surface area contributed by atoms with E-state index < -0.39 is 17.5 Å². The maximum absolute atomic E-state index is 13.0. The Hall–Kier alpha value is -3.94. The Balaban J connectivity index is 1.43. The molecule has 8 heteroatoms. The van der Waals surface area contributed by atoms with Gasteiger partial charge in [-0.05, 0) is 48.6 Å². The van der Waals surface area contributed by atoms with Crippen LogP contribution in [0.1, 0.15) is 27.1 Å². The van der Waals surface area contributed by atoms with Crippen LogP contribution in [-0.4, -0.2) is 34.0 Å². The number of aromatic carboxylic acids is 2. The Morgan fingerprint density at radius 1 is 0.839 bits per heavy atom. The number of benzene rings is 2. The molecule has 4 atom stereocenters. The van der Waals surface area contributed by atoms with E-state index in [1.54, 1.807) is 18.2 Å². The summed E-state index contributed by atoms with van der Waals surface area (Å²) in [6.07, 6.45) is 4.91. The first-order chi connectivity index (χ1) is 14.8. The van der Waals surface area contributed by atoms with Gasteiger partial charge in [-0.15, -0.1) is 0 Å². The first-order valence-electron chi connectivity index (χ1n) is 9.80. The zero-order valence-electron chi connectivity index (χ0n) is 16.1. The van der Waals surface area contributed by atoms with Crippen LogP contribution in [-0.2, 0) is 9.59 Å². The van der Waals surface area contributed by atoms with E-state index in [4.69, 9.17) is 9.84 Å². The highest BCUT2D eigenvalue weighted by Gasteiger charge is 2.59. The molecule has 3 aliphatic rings. The van der Waals surface area contributed by atoms with E-state index in [-0.39, 0.29) is 52.5 Å². The number of carboxylic acid groups (broad SMARTS) is 2. The fourth-order valence-corrected chi connectivity index (χ4v) is 4.93. The van der Waals surface area contributed by atoms with Crippen LogP contribution in [0.4, 0.5) is 5.69 Å². The van der Waals surface area contributed by atoms with Crippen molar-refractivity contribution in [2.24, 2.45) is 23.7 Å². The van der Waals surface area contributed by atoms with Crippen molar-refractivity contribution in [2.45, 2.75) is 6.42 Å². The van der Waals surface area contributed by atoms with E-state index in [2.05, 4.69) is 0 Å². The highest BCUT2D eigenvalue weighted by Crippen LogP contribution is 2.53. The molecule has 0 aromatic heterocycles. The van der Waals surface area contributed by atoms with Crippen molar-refractivity contribution in [1.82, 2.24) is 0 Å². The average molecular weight is 419 g/mol. The topological polar surface area (TPSA) is 121 Å². The number of anilines is 1. The van der Waals surface area contributed by atoms with Gasteiger partial charge in [-0.25, -0.2) is 14.5 Å². The predicted octanol–water partition coefficient (Wildman–Crippen LogP) is 3.19. The summed E-state index contributed by atoms with van der Waals surface area (Å²) in [7, 11) is 0. The fourth-order valence-electron chi connectivity index (χ4n) is 4.93. The summed E-state index contributed by atoms with van der Waals surface area (Å²) in [5.74, 6) is -3.15. The maximum atomic E-state index is 13.0. The lowest BCUT2D eigenvalue weighted by atomic mass is 9.85. The first-order valence-corrected chi connectivity index (χ1v) is 9.80. The summed E-state index contributed by atoms with van der Waals surface area (Å²) in [5, 5.41) is 18.4. The quantitative estimate of drug-likeness (QED) is 0.564. The van der Waals surface area contributed by atoms with Crippen LogP contribution in [0.3, 0.4) is 0 Å². The molecule has 1 saturated carbocycles. The van der Waals surface area contributed by atoms with E-state index in [9.17, 15) is 24.3 Å². The smallest absolute Gasteiger partial charge is 0.336 e. The Morgan fingerprint density at radius 3 is 2.06 bits per heavy atom. The molecule has 5 rings (SSSR count). The zero-order valence-corrected chi connectivity index (χ0v) is 16.1. The van der Waals surface area contributed by atoms with Crippen LogP contribution < -0.4 is 9.64 Å². The molecule has 156 valence electrons. The average Bonchev–Trinajstić information content (AvgIpc) is 3.41. The van der Waals surface area contributed by atoms with Crippen molar-refractivity contribution in [3.05, 3.63) is 65.7 Å². The van der Waals surface area contributed by atoms with Crippen LogP contribution in [0.5, 0.6) is 11.5 Å². The van der Waals surface area contributed by atoms with Crippen LogP contribution in [0.25, 0.3) is 0 Å². The number of amides is 2. The molecule has 0 unspecified atom stereocenters. The maximum Gasteiger partial charge on any atom is 0.336 e. The summed E-state index contributed by atoms with van der Waals surface area (Å²) in [6.45, 7) is 0. The lowest BCUT2D eigenvalue weighted by Crippen LogP contribution is -2.32. The fraction of sp³-hybridized carbons (Fsp3) is 0.217. The number of carbonyl (C=O) groups excluding carboxylic acids is 2. The minimum atomic E-state index is -1.39. The molecule has 1 aliphatic heterocycles. The third kappa shape index (κ3) is 2.91. The second-order valence-corrected chi connectivity index (χ2v) is 7.93. The van der Waals surface area contributed by atoms with Gasteiger partial charge in [-0.3, -0.25) is 9.59 Å². The molecular formula is C23H17NO7. The number of allylic oxidation sites excluding steroid dienone is 2. The molecule has 0 radical (unpaired) electrons. The Labute approximate surface area is 176 Å². The van der Waals surface area contributed by atoms with Crippen molar-refractivity contribution < 1.29 is 34.1 Å². The molecule has 2 aromatic rings. The van der Waals surface area contributed by atoms with Gasteiger partial charge in [-0.1, -0.05) is 18.2 Å². The van der Waals surface area contributed by atoms with Crippen LogP contribution >= 0.6 is 0 Å². The third-order valence-electron chi connectivity index (χ3n) is 6.23. The number of nitrogens with zero attached hydrogens (tertiary/aromatic N) is 1. The summed E-state index contributed by atoms with van der Waals surface area (Å²) < 4.78 is 5.71. The normalized spacial score (nSPS) is 25.7. The van der Waals surface area contributed by atoms with Gasteiger partial charge in [0, 0.05) is 6.07 Å².